The number of benzene rings is 1. The van der Waals surface area contributed by atoms with Crippen molar-refractivity contribution in [2.24, 2.45) is 0 Å². The first-order chi connectivity index (χ1) is 13.0. The number of nitrogens with zero attached hydrogens (tertiary/aromatic N) is 2. The Morgan fingerprint density at radius 2 is 2.11 bits per heavy atom. The standard InChI is InChI=1S/C20H26FN3O3/c1-3-22-8-5-9-23(4-2)18-11-17-14(10-16(18)21)19(25)15(20(26)27)12-24(17)13-6-7-13/h10-13,22H,3-9H2,1-2H3,(H,26,27). The van der Waals surface area contributed by atoms with E-state index < -0.39 is 17.2 Å². The van der Waals surface area contributed by atoms with E-state index in [4.69, 9.17) is 0 Å². The number of carbonyl (C=O) groups is 1. The molecule has 1 aromatic carbocycles. The number of halogens is 1. The van der Waals surface area contributed by atoms with Crippen LogP contribution in [0, 0.1) is 5.82 Å². The van der Waals surface area contributed by atoms with Crippen LogP contribution in [0.3, 0.4) is 0 Å². The van der Waals surface area contributed by atoms with Gasteiger partial charge in [0.2, 0.25) is 5.43 Å². The molecule has 1 saturated carbocycles. The average molecular weight is 375 g/mol. The SMILES string of the molecule is CCNCCCN(CC)c1cc2c(cc1F)c(=O)c(C(=O)O)cn2C1CC1. The van der Waals surface area contributed by atoms with Crippen molar-refractivity contribution in [3.63, 3.8) is 0 Å². The first kappa shape index (κ1) is 19.4. The van der Waals surface area contributed by atoms with E-state index in [0.717, 1.165) is 32.4 Å². The predicted octanol–water partition coefficient (Wildman–Crippen LogP) is 3.00. The monoisotopic (exact) mass is 375 g/mol. The van der Waals surface area contributed by atoms with Crippen LogP contribution < -0.4 is 15.6 Å². The number of carboxylic acids is 1. The molecule has 3 rings (SSSR count). The first-order valence-electron chi connectivity index (χ1n) is 9.55. The summed E-state index contributed by atoms with van der Waals surface area (Å²) in [5, 5.41) is 12.7. The summed E-state index contributed by atoms with van der Waals surface area (Å²) in [5.41, 5.74) is 0.127. The number of aromatic carboxylic acids is 1. The van der Waals surface area contributed by atoms with Gasteiger partial charge in [0.15, 0.2) is 0 Å². The smallest absolute Gasteiger partial charge is 0.341 e. The van der Waals surface area contributed by atoms with Crippen LogP contribution in [0.25, 0.3) is 10.9 Å². The highest BCUT2D eigenvalue weighted by atomic mass is 19.1. The molecular weight excluding hydrogens is 349 g/mol. The molecule has 146 valence electrons. The molecule has 2 aromatic rings. The lowest BCUT2D eigenvalue weighted by Gasteiger charge is -2.25. The molecule has 1 fully saturated rings. The molecule has 1 aliphatic carbocycles. The quantitative estimate of drug-likeness (QED) is 0.659. The number of fused-ring (bicyclic) bond motifs is 1. The van der Waals surface area contributed by atoms with Crippen LogP contribution in [-0.2, 0) is 0 Å². The number of carboxylic acid groups (broad SMARTS) is 1. The van der Waals surface area contributed by atoms with Gasteiger partial charge in [-0.3, -0.25) is 4.79 Å². The number of hydrogen-bond donors (Lipinski definition) is 2. The first-order valence-corrected chi connectivity index (χ1v) is 9.55. The molecule has 0 amide bonds. The minimum Gasteiger partial charge on any atom is -0.477 e. The van der Waals surface area contributed by atoms with Gasteiger partial charge in [0.05, 0.1) is 11.2 Å². The lowest BCUT2D eigenvalue weighted by molar-refractivity contribution is 0.0695. The van der Waals surface area contributed by atoms with Crippen LogP contribution >= 0.6 is 0 Å². The molecule has 0 aliphatic heterocycles. The van der Waals surface area contributed by atoms with Crippen LogP contribution in [0.1, 0.15) is 49.5 Å². The van der Waals surface area contributed by atoms with Crippen molar-refractivity contribution in [2.45, 2.75) is 39.2 Å². The van der Waals surface area contributed by atoms with Crippen LogP contribution in [0.5, 0.6) is 0 Å². The molecule has 0 bridgehead atoms. The zero-order chi connectivity index (χ0) is 19.6. The highest BCUT2D eigenvalue weighted by Gasteiger charge is 2.27. The van der Waals surface area contributed by atoms with Gasteiger partial charge in [0.1, 0.15) is 11.4 Å². The maximum atomic E-state index is 14.8. The summed E-state index contributed by atoms with van der Waals surface area (Å²) in [6.07, 6.45) is 4.16. The van der Waals surface area contributed by atoms with E-state index in [1.54, 1.807) is 6.07 Å². The van der Waals surface area contributed by atoms with Gasteiger partial charge in [-0.15, -0.1) is 0 Å². The summed E-state index contributed by atoms with van der Waals surface area (Å²) < 4.78 is 16.7. The number of rotatable bonds is 9. The second kappa shape index (κ2) is 8.08. The normalized spacial score (nSPS) is 13.9. The van der Waals surface area contributed by atoms with Gasteiger partial charge < -0.3 is 19.9 Å². The van der Waals surface area contributed by atoms with Crippen LogP contribution in [0.2, 0.25) is 0 Å². The maximum absolute atomic E-state index is 14.8. The summed E-state index contributed by atoms with van der Waals surface area (Å²) in [7, 11) is 0. The largest absolute Gasteiger partial charge is 0.477 e. The molecule has 1 heterocycles. The molecule has 0 radical (unpaired) electrons. The minimum atomic E-state index is -1.28. The van der Waals surface area contributed by atoms with Crippen LogP contribution in [-0.4, -0.2) is 41.8 Å². The van der Waals surface area contributed by atoms with Crippen molar-refractivity contribution in [3.05, 3.63) is 39.9 Å². The van der Waals surface area contributed by atoms with Crippen molar-refractivity contribution in [1.29, 1.82) is 0 Å². The van der Waals surface area contributed by atoms with E-state index >= 15 is 0 Å². The zero-order valence-corrected chi connectivity index (χ0v) is 15.8. The summed E-state index contributed by atoms with van der Waals surface area (Å²) in [6.45, 7) is 7.12. The molecule has 27 heavy (non-hydrogen) atoms. The van der Waals surface area contributed by atoms with Crippen molar-refractivity contribution in [2.75, 3.05) is 31.1 Å². The number of hydrogen-bond acceptors (Lipinski definition) is 4. The lowest BCUT2D eigenvalue weighted by Crippen LogP contribution is -2.28. The van der Waals surface area contributed by atoms with Crippen molar-refractivity contribution >= 4 is 22.6 Å². The van der Waals surface area contributed by atoms with E-state index in [2.05, 4.69) is 5.32 Å². The zero-order valence-electron chi connectivity index (χ0n) is 15.8. The van der Waals surface area contributed by atoms with Crippen molar-refractivity contribution in [1.82, 2.24) is 9.88 Å². The van der Waals surface area contributed by atoms with Crippen molar-refractivity contribution < 1.29 is 14.3 Å². The summed E-state index contributed by atoms with van der Waals surface area (Å²) >= 11 is 0. The number of pyridine rings is 1. The second-order valence-electron chi connectivity index (χ2n) is 6.92. The summed E-state index contributed by atoms with van der Waals surface area (Å²) in [4.78, 5) is 25.9. The molecule has 0 atom stereocenters. The van der Waals surface area contributed by atoms with E-state index in [-0.39, 0.29) is 17.0 Å². The molecule has 6 nitrogen and oxygen atoms in total. The molecule has 0 spiro atoms. The Morgan fingerprint density at radius 1 is 1.37 bits per heavy atom. The number of anilines is 1. The van der Waals surface area contributed by atoms with E-state index in [1.165, 1.54) is 12.3 Å². The topological polar surface area (TPSA) is 74.6 Å². The highest BCUT2D eigenvalue weighted by molar-refractivity contribution is 5.93. The van der Waals surface area contributed by atoms with Gasteiger partial charge in [0.25, 0.3) is 0 Å². The molecule has 2 N–H and O–H groups in total. The summed E-state index contributed by atoms with van der Waals surface area (Å²) in [5.74, 6) is -1.77. The van der Waals surface area contributed by atoms with Crippen LogP contribution in [0.4, 0.5) is 10.1 Å². The Bertz CT molecular complexity index is 905. The van der Waals surface area contributed by atoms with Crippen LogP contribution in [0.15, 0.2) is 23.1 Å². The number of aromatic nitrogens is 1. The Kier molecular flexibility index (Phi) is 5.79. The Labute approximate surface area is 157 Å². The molecule has 1 aromatic heterocycles. The third kappa shape index (κ3) is 3.98. The number of nitrogens with one attached hydrogen (secondary N) is 1. The van der Waals surface area contributed by atoms with E-state index in [1.807, 2.05) is 23.3 Å². The van der Waals surface area contributed by atoms with Gasteiger partial charge in [-0.1, -0.05) is 6.92 Å². The van der Waals surface area contributed by atoms with Gasteiger partial charge in [0, 0.05) is 30.7 Å². The summed E-state index contributed by atoms with van der Waals surface area (Å²) in [6, 6.07) is 3.08. The van der Waals surface area contributed by atoms with Gasteiger partial charge >= 0.3 is 5.97 Å². The van der Waals surface area contributed by atoms with E-state index in [0.29, 0.717) is 24.3 Å². The Hall–Kier alpha value is -2.41. The van der Waals surface area contributed by atoms with Gasteiger partial charge in [-0.25, -0.2) is 9.18 Å². The predicted molar refractivity (Wildman–Crippen MR) is 104 cm³/mol. The third-order valence-electron chi connectivity index (χ3n) is 5.03. The highest BCUT2D eigenvalue weighted by Crippen LogP contribution is 2.38. The van der Waals surface area contributed by atoms with E-state index in [9.17, 15) is 19.1 Å². The minimum absolute atomic E-state index is 0.131. The fraction of sp³-hybridized carbons (Fsp3) is 0.500. The molecule has 0 saturated heterocycles. The average Bonchev–Trinajstić information content (AvgIpc) is 3.47. The Morgan fingerprint density at radius 3 is 2.70 bits per heavy atom. The fourth-order valence-corrected chi connectivity index (χ4v) is 3.43. The third-order valence-corrected chi connectivity index (χ3v) is 5.03. The van der Waals surface area contributed by atoms with Gasteiger partial charge in [-0.05, 0) is 51.4 Å². The molecular formula is C20H26FN3O3. The van der Waals surface area contributed by atoms with Gasteiger partial charge in [-0.2, -0.15) is 0 Å². The second-order valence-corrected chi connectivity index (χ2v) is 6.92. The molecule has 1 aliphatic rings. The molecule has 0 unspecified atom stereocenters. The lowest BCUT2D eigenvalue weighted by atomic mass is 10.1. The fourth-order valence-electron chi connectivity index (χ4n) is 3.43. The maximum Gasteiger partial charge on any atom is 0.341 e. The van der Waals surface area contributed by atoms with Crippen molar-refractivity contribution in [3.8, 4) is 0 Å². The Balaban J connectivity index is 2.06. The molecule has 7 heteroatoms.